The third kappa shape index (κ3) is 5.38. The van der Waals surface area contributed by atoms with Gasteiger partial charge in [-0.05, 0) is 37.4 Å². The van der Waals surface area contributed by atoms with Crippen LogP contribution in [0.25, 0.3) is 0 Å². The molecule has 4 heteroatoms. The van der Waals surface area contributed by atoms with Crippen LogP contribution in [-0.4, -0.2) is 31.6 Å². The normalized spacial score (nSPS) is 11.7. The Balaban J connectivity index is 2.25. The largest absolute Gasteiger partial charge is 0.315 e. The number of nitrogens with one attached hydrogen (secondary N) is 1. The first-order valence-corrected chi connectivity index (χ1v) is 7.38. The van der Waals surface area contributed by atoms with E-state index in [-0.39, 0.29) is 0 Å². The Kier molecular flexibility index (Phi) is 6.49. The predicted octanol–water partition coefficient (Wildman–Crippen LogP) is 3.39. The summed E-state index contributed by atoms with van der Waals surface area (Å²) < 4.78 is 0. The third-order valence-corrected chi connectivity index (χ3v) is 4.33. The van der Waals surface area contributed by atoms with Gasteiger partial charge < -0.3 is 5.32 Å². The van der Waals surface area contributed by atoms with Crippen LogP contribution in [0, 0.1) is 12.8 Å². The number of halogens is 1. The van der Waals surface area contributed by atoms with Gasteiger partial charge in [-0.3, -0.25) is 4.90 Å². The molecule has 1 rings (SSSR count). The highest BCUT2D eigenvalue weighted by Gasteiger charge is 2.08. The van der Waals surface area contributed by atoms with Crippen molar-refractivity contribution in [3.63, 3.8) is 0 Å². The molecule has 0 amide bonds. The summed E-state index contributed by atoms with van der Waals surface area (Å²) in [5.74, 6) is 0.717. The number of thiophene rings is 1. The first-order valence-electron chi connectivity index (χ1n) is 6.12. The first kappa shape index (κ1) is 15.0. The fourth-order valence-electron chi connectivity index (χ4n) is 1.57. The van der Waals surface area contributed by atoms with Crippen LogP contribution < -0.4 is 5.32 Å². The van der Waals surface area contributed by atoms with Crippen LogP contribution in [0.2, 0.25) is 5.02 Å². The lowest BCUT2D eigenvalue weighted by Gasteiger charge is -2.17. The van der Waals surface area contributed by atoms with E-state index < -0.39 is 0 Å². The average molecular weight is 275 g/mol. The highest BCUT2D eigenvalue weighted by atomic mass is 35.5. The summed E-state index contributed by atoms with van der Waals surface area (Å²) in [6.07, 6.45) is 0. The van der Waals surface area contributed by atoms with E-state index in [1.165, 1.54) is 10.4 Å². The summed E-state index contributed by atoms with van der Waals surface area (Å²) in [7, 11) is 2.14. The van der Waals surface area contributed by atoms with Crippen molar-refractivity contribution in [1.82, 2.24) is 10.2 Å². The number of rotatable bonds is 7. The Bertz CT molecular complexity index is 336. The zero-order chi connectivity index (χ0) is 12.8. The molecule has 0 aromatic carbocycles. The molecule has 0 fully saturated rings. The lowest BCUT2D eigenvalue weighted by atomic mass is 10.2. The second-order valence-corrected chi connectivity index (χ2v) is 6.33. The van der Waals surface area contributed by atoms with Gasteiger partial charge >= 0.3 is 0 Å². The number of hydrogen-bond acceptors (Lipinski definition) is 3. The standard InChI is InChI=1S/C13H23ClN2S/c1-10(2)7-15-5-6-16(4)8-12-13(14)11(3)9-17-12/h9-10,15H,5-8H2,1-4H3. The average Bonchev–Trinajstić information content (AvgIpc) is 2.56. The van der Waals surface area contributed by atoms with Crippen LogP contribution >= 0.6 is 22.9 Å². The molecule has 1 aromatic heterocycles. The van der Waals surface area contributed by atoms with Gasteiger partial charge in [0.2, 0.25) is 0 Å². The van der Waals surface area contributed by atoms with E-state index in [1.54, 1.807) is 11.3 Å². The van der Waals surface area contributed by atoms with Crippen LogP contribution in [0.3, 0.4) is 0 Å². The Morgan fingerprint density at radius 1 is 1.47 bits per heavy atom. The van der Waals surface area contributed by atoms with Crippen molar-refractivity contribution < 1.29 is 0 Å². The molecule has 0 saturated heterocycles. The summed E-state index contributed by atoms with van der Waals surface area (Å²) in [4.78, 5) is 3.58. The molecule has 0 aliphatic heterocycles. The molecule has 2 nitrogen and oxygen atoms in total. The second kappa shape index (κ2) is 7.37. The smallest absolute Gasteiger partial charge is 0.0587 e. The molecule has 17 heavy (non-hydrogen) atoms. The quantitative estimate of drug-likeness (QED) is 0.767. The van der Waals surface area contributed by atoms with E-state index in [4.69, 9.17) is 11.6 Å². The molecule has 1 aromatic rings. The van der Waals surface area contributed by atoms with E-state index in [0.717, 1.165) is 37.1 Å². The van der Waals surface area contributed by atoms with Crippen molar-refractivity contribution in [1.29, 1.82) is 0 Å². The van der Waals surface area contributed by atoms with Crippen LogP contribution in [0.1, 0.15) is 24.3 Å². The minimum Gasteiger partial charge on any atom is -0.315 e. The molecule has 0 spiro atoms. The molecule has 1 N–H and O–H groups in total. The molecule has 0 aliphatic carbocycles. The molecule has 0 unspecified atom stereocenters. The molecular formula is C13H23ClN2S. The summed E-state index contributed by atoms with van der Waals surface area (Å²) >= 11 is 7.98. The van der Waals surface area contributed by atoms with Gasteiger partial charge in [0.05, 0.1) is 5.02 Å². The van der Waals surface area contributed by atoms with Crippen molar-refractivity contribution in [3.05, 3.63) is 20.8 Å². The fraction of sp³-hybridized carbons (Fsp3) is 0.692. The third-order valence-electron chi connectivity index (χ3n) is 2.61. The summed E-state index contributed by atoms with van der Waals surface area (Å²) in [5.41, 5.74) is 1.19. The van der Waals surface area contributed by atoms with Gasteiger partial charge in [-0.25, -0.2) is 0 Å². The lowest BCUT2D eigenvalue weighted by molar-refractivity contribution is 0.324. The van der Waals surface area contributed by atoms with Gasteiger partial charge in [0.25, 0.3) is 0 Å². The number of aryl methyl sites for hydroxylation is 1. The van der Waals surface area contributed by atoms with Gasteiger partial charge in [0.15, 0.2) is 0 Å². The molecule has 0 aliphatic rings. The van der Waals surface area contributed by atoms with Gasteiger partial charge in [-0.15, -0.1) is 11.3 Å². The molecule has 98 valence electrons. The van der Waals surface area contributed by atoms with Crippen molar-refractivity contribution in [2.75, 3.05) is 26.7 Å². The van der Waals surface area contributed by atoms with Crippen molar-refractivity contribution >= 4 is 22.9 Å². The van der Waals surface area contributed by atoms with E-state index in [2.05, 4.69) is 43.4 Å². The van der Waals surface area contributed by atoms with Crippen LogP contribution in [0.5, 0.6) is 0 Å². The van der Waals surface area contributed by atoms with E-state index >= 15 is 0 Å². The van der Waals surface area contributed by atoms with E-state index in [0.29, 0.717) is 0 Å². The summed E-state index contributed by atoms with van der Waals surface area (Å²) in [5, 5.41) is 6.52. The van der Waals surface area contributed by atoms with E-state index in [9.17, 15) is 0 Å². The molecule has 0 atom stereocenters. The highest BCUT2D eigenvalue weighted by molar-refractivity contribution is 7.10. The monoisotopic (exact) mass is 274 g/mol. The fourth-order valence-corrected chi connectivity index (χ4v) is 2.88. The van der Waals surface area contributed by atoms with E-state index in [1.807, 2.05) is 0 Å². The Labute approximate surface area is 114 Å². The minimum absolute atomic E-state index is 0.717. The first-order chi connectivity index (χ1) is 8.00. The van der Waals surface area contributed by atoms with Crippen molar-refractivity contribution in [3.8, 4) is 0 Å². The lowest BCUT2D eigenvalue weighted by Crippen LogP contribution is -2.30. The topological polar surface area (TPSA) is 15.3 Å². The number of hydrogen-bond donors (Lipinski definition) is 1. The van der Waals surface area contributed by atoms with Gasteiger partial charge in [-0.2, -0.15) is 0 Å². The molecule has 1 heterocycles. The Morgan fingerprint density at radius 2 is 2.18 bits per heavy atom. The maximum absolute atomic E-state index is 6.22. The second-order valence-electron chi connectivity index (χ2n) is 4.99. The maximum Gasteiger partial charge on any atom is 0.0587 e. The molecular weight excluding hydrogens is 252 g/mol. The highest BCUT2D eigenvalue weighted by Crippen LogP contribution is 2.27. The van der Waals surface area contributed by atoms with Crippen molar-refractivity contribution in [2.45, 2.75) is 27.3 Å². The van der Waals surface area contributed by atoms with Gasteiger partial charge in [0.1, 0.15) is 0 Å². The van der Waals surface area contributed by atoms with Gasteiger partial charge in [0, 0.05) is 24.5 Å². The van der Waals surface area contributed by atoms with Crippen LogP contribution in [-0.2, 0) is 6.54 Å². The molecule has 0 bridgehead atoms. The zero-order valence-electron chi connectivity index (χ0n) is 11.2. The van der Waals surface area contributed by atoms with Crippen LogP contribution in [0.4, 0.5) is 0 Å². The SMILES string of the molecule is Cc1csc(CN(C)CCNCC(C)C)c1Cl. The van der Waals surface area contributed by atoms with Gasteiger partial charge in [-0.1, -0.05) is 25.4 Å². The summed E-state index contributed by atoms with van der Waals surface area (Å²) in [6.45, 7) is 10.6. The number of likely N-dealkylation sites (N-methyl/N-ethyl adjacent to an activating group) is 1. The molecule has 0 radical (unpaired) electrons. The minimum atomic E-state index is 0.717. The Hall–Kier alpha value is -0.0900. The maximum atomic E-state index is 6.22. The number of nitrogens with zero attached hydrogens (tertiary/aromatic N) is 1. The van der Waals surface area contributed by atoms with Crippen LogP contribution in [0.15, 0.2) is 5.38 Å². The Morgan fingerprint density at radius 3 is 2.71 bits per heavy atom. The zero-order valence-corrected chi connectivity index (χ0v) is 12.8. The van der Waals surface area contributed by atoms with Crippen molar-refractivity contribution in [2.24, 2.45) is 5.92 Å². The predicted molar refractivity (Wildman–Crippen MR) is 78.1 cm³/mol. The summed E-state index contributed by atoms with van der Waals surface area (Å²) in [6, 6.07) is 0. The molecule has 0 saturated carbocycles.